The monoisotopic (exact) mass is 405 g/mol. The first-order valence-corrected chi connectivity index (χ1v) is 11.1. The van der Waals surface area contributed by atoms with Crippen LogP contribution in [0.2, 0.25) is 0 Å². The molecule has 1 atom stereocenters. The number of hydrogen-bond acceptors (Lipinski definition) is 1. The van der Waals surface area contributed by atoms with E-state index in [-0.39, 0.29) is 5.82 Å². The summed E-state index contributed by atoms with van der Waals surface area (Å²) < 4.78 is 13.7. The molecule has 0 spiro atoms. The highest BCUT2D eigenvalue weighted by molar-refractivity contribution is 5.80. The third-order valence-electron chi connectivity index (χ3n) is 5.42. The van der Waals surface area contributed by atoms with E-state index in [0.29, 0.717) is 11.8 Å². The molecular weight excluding hydrogens is 369 g/mol. The van der Waals surface area contributed by atoms with Gasteiger partial charge in [0, 0.05) is 17.7 Å². The summed E-state index contributed by atoms with van der Waals surface area (Å²) in [5, 5.41) is 0. The molecule has 0 aliphatic rings. The van der Waals surface area contributed by atoms with Crippen molar-refractivity contribution in [2.45, 2.75) is 66.2 Å². The first-order valence-electron chi connectivity index (χ1n) is 11.1. The molecule has 0 amide bonds. The SMILES string of the molecule is C=CCc1nc(C(C)C)c(/C=C/C)c(-c2ccc(F)cc2)c1CC(C)CC/C=C\C. The van der Waals surface area contributed by atoms with Gasteiger partial charge in [-0.2, -0.15) is 0 Å². The molecular formula is C28H36FN. The smallest absolute Gasteiger partial charge is 0.123 e. The largest absolute Gasteiger partial charge is 0.256 e. The van der Waals surface area contributed by atoms with Crippen LogP contribution in [-0.4, -0.2) is 4.98 Å². The molecule has 1 aromatic carbocycles. The molecule has 30 heavy (non-hydrogen) atoms. The zero-order valence-corrected chi connectivity index (χ0v) is 19.2. The van der Waals surface area contributed by atoms with Gasteiger partial charge < -0.3 is 0 Å². The second-order valence-electron chi connectivity index (χ2n) is 8.32. The van der Waals surface area contributed by atoms with E-state index in [9.17, 15) is 4.39 Å². The Morgan fingerprint density at radius 2 is 1.77 bits per heavy atom. The van der Waals surface area contributed by atoms with E-state index in [4.69, 9.17) is 4.98 Å². The van der Waals surface area contributed by atoms with E-state index in [1.807, 2.05) is 25.1 Å². The van der Waals surface area contributed by atoms with Crippen LogP contribution < -0.4 is 0 Å². The molecule has 2 rings (SSSR count). The molecule has 160 valence electrons. The first-order chi connectivity index (χ1) is 14.4. The summed E-state index contributed by atoms with van der Waals surface area (Å²) in [5.41, 5.74) is 6.86. The molecule has 0 N–H and O–H groups in total. The quantitative estimate of drug-likeness (QED) is 0.362. The zero-order chi connectivity index (χ0) is 22.1. The number of hydrogen-bond donors (Lipinski definition) is 0. The summed E-state index contributed by atoms with van der Waals surface area (Å²) in [6.45, 7) is 14.7. The van der Waals surface area contributed by atoms with E-state index in [0.717, 1.165) is 48.2 Å². The van der Waals surface area contributed by atoms with Gasteiger partial charge in [0.05, 0.1) is 5.69 Å². The van der Waals surface area contributed by atoms with Gasteiger partial charge in [0.25, 0.3) is 0 Å². The van der Waals surface area contributed by atoms with Crippen LogP contribution in [0.5, 0.6) is 0 Å². The highest BCUT2D eigenvalue weighted by atomic mass is 19.1. The molecule has 1 unspecified atom stereocenters. The molecule has 1 aromatic heterocycles. The summed E-state index contributed by atoms with van der Waals surface area (Å²) in [6.07, 6.45) is 14.4. The number of rotatable bonds is 10. The fraction of sp³-hybridized carbons (Fsp3) is 0.393. The second kappa shape index (κ2) is 11.6. The third kappa shape index (κ3) is 6.01. The van der Waals surface area contributed by atoms with Crippen molar-refractivity contribution in [2.75, 3.05) is 0 Å². The highest BCUT2D eigenvalue weighted by Crippen LogP contribution is 2.37. The van der Waals surface area contributed by atoms with E-state index in [1.165, 1.54) is 11.1 Å². The van der Waals surface area contributed by atoms with Crippen LogP contribution in [0.3, 0.4) is 0 Å². The lowest BCUT2D eigenvalue weighted by molar-refractivity contribution is 0.533. The van der Waals surface area contributed by atoms with Crippen LogP contribution in [0.1, 0.15) is 75.9 Å². The molecule has 0 radical (unpaired) electrons. The van der Waals surface area contributed by atoms with Gasteiger partial charge in [-0.25, -0.2) is 4.39 Å². The van der Waals surface area contributed by atoms with E-state index < -0.39 is 0 Å². The predicted molar refractivity (Wildman–Crippen MR) is 129 cm³/mol. The lowest BCUT2D eigenvalue weighted by atomic mass is 9.84. The van der Waals surface area contributed by atoms with Crippen molar-refractivity contribution >= 4 is 6.08 Å². The van der Waals surface area contributed by atoms with Crippen LogP contribution in [-0.2, 0) is 12.8 Å². The average Bonchev–Trinajstić information content (AvgIpc) is 2.71. The Labute approximate surface area is 182 Å². The Hall–Kier alpha value is -2.48. The predicted octanol–water partition coefficient (Wildman–Crippen LogP) is 8.31. The lowest BCUT2D eigenvalue weighted by Gasteiger charge is -2.23. The van der Waals surface area contributed by atoms with Crippen LogP contribution in [0.25, 0.3) is 17.2 Å². The van der Waals surface area contributed by atoms with Gasteiger partial charge in [0.15, 0.2) is 0 Å². The minimum absolute atomic E-state index is 0.211. The van der Waals surface area contributed by atoms with Gasteiger partial charge in [-0.3, -0.25) is 4.98 Å². The molecule has 2 aromatic rings. The molecule has 1 heterocycles. The number of aromatic nitrogens is 1. The maximum atomic E-state index is 13.7. The van der Waals surface area contributed by atoms with Gasteiger partial charge in [-0.1, -0.05) is 63.3 Å². The van der Waals surface area contributed by atoms with Crippen molar-refractivity contribution in [1.82, 2.24) is 4.98 Å². The molecule has 0 fully saturated rings. The topological polar surface area (TPSA) is 12.9 Å². The Morgan fingerprint density at radius 1 is 1.07 bits per heavy atom. The van der Waals surface area contributed by atoms with Crippen molar-refractivity contribution in [3.8, 4) is 11.1 Å². The number of halogens is 1. The zero-order valence-electron chi connectivity index (χ0n) is 19.2. The van der Waals surface area contributed by atoms with Gasteiger partial charge >= 0.3 is 0 Å². The third-order valence-corrected chi connectivity index (χ3v) is 5.42. The standard InChI is InChI=1S/C28H36FN/c1-7-10-11-14-21(6)19-25-26(13-9-3)30-28(20(4)5)24(12-8-2)27(25)22-15-17-23(29)18-16-22/h7-10,12,15-18,20-21H,3,11,13-14,19H2,1-2,4-6H3/b10-7-,12-8+. The average molecular weight is 406 g/mol. The summed E-state index contributed by atoms with van der Waals surface area (Å²) >= 11 is 0. The Morgan fingerprint density at radius 3 is 2.33 bits per heavy atom. The van der Waals surface area contributed by atoms with Gasteiger partial charge in [0.1, 0.15) is 5.82 Å². The second-order valence-corrected chi connectivity index (χ2v) is 8.32. The summed E-state index contributed by atoms with van der Waals surface area (Å²) in [6, 6.07) is 6.90. The van der Waals surface area contributed by atoms with Gasteiger partial charge in [-0.15, -0.1) is 6.58 Å². The number of pyridine rings is 1. The highest BCUT2D eigenvalue weighted by Gasteiger charge is 2.22. The summed E-state index contributed by atoms with van der Waals surface area (Å²) in [5.74, 6) is 0.603. The van der Waals surface area contributed by atoms with Crippen LogP contribution in [0.15, 0.2) is 55.1 Å². The van der Waals surface area contributed by atoms with Gasteiger partial charge in [-0.05, 0) is 73.8 Å². The Kier molecular flexibility index (Phi) is 9.23. The van der Waals surface area contributed by atoms with Crippen molar-refractivity contribution < 1.29 is 4.39 Å². The molecule has 0 saturated carbocycles. The van der Waals surface area contributed by atoms with Crippen LogP contribution in [0, 0.1) is 11.7 Å². The normalized spacial score (nSPS) is 12.9. The Bertz CT molecular complexity index is 888. The van der Waals surface area contributed by atoms with E-state index in [2.05, 4.69) is 58.6 Å². The maximum Gasteiger partial charge on any atom is 0.123 e. The minimum Gasteiger partial charge on any atom is -0.256 e. The molecule has 0 aliphatic carbocycles. The fourth-order valence-corrected chi connectivity index (χ4v) is 3.95. The van der Waals surface area contributed by atoms with Gasteiger partial charge in [0.2, 0.25) is 0 Å². The summed E-state index contributed by atoms with van der Waals surface area (Å²) in [7, 11) is 0. The van der Waals surface area contributed by atoms with Crippen LogP contribution in [0.4, 0.5) is 4.39 Å². The number of allylic oxidation sites excluding steroid dienone is 4. The Balaban J connectivity index is 2.75. The molecule has 0 saturated heterocycles. The molecule has 1 nitrogen and oxygen atoms in total. The van der Waals surface area contributed by atoms with Crippen LogP contribution >= 0.6 is 0 Å². The van der Waals surface area contributed by atoms with Crippen molar-refractivity contribution in [1.29, 1.82) is 0 Å². The lowest BCUT2D eigenvalue weighted by Crippen LogP contribution is -2.12. The molecule has 2 heteroatoms. The maximum absolute atomic E-state index is 13.7. The van der Waals surface area contributed by atoms with Crippen molar-refractivity contribution in [3.05, 3.63) is 83.5 Å². The fourth-order valence-electron chi connectivity index (χ4n) is 3.95. The van der Waals surface area contributed by atoms with Crippen molar-refractivity contribution in [3.63, 3.8) is 0 Å². The minimum atomic E-state index is -0.211. The van der Waals surface area contributed by atoms with E-state index in [1.54, 1.807) is 12.1 Å². The van der Waals surface area contributed by atoms with Crippen molar-refractivity contribution in [2.24, 2.45) is 5.92 Å². The summed E-state index contributed by atoms with van der Waals surface area (Å²) in [4.78, 5) is 5.12. The molecule has 0 aliphatic heterocycles. The number of benzene rings is 1. The first kappa shape index (κ1) is 23.8. The number of nitrogens with zero attached hydrogens (tertiary/aromatic N) is 1. The molecule has 0 bridgehead atoms. The van der Waals surface area contributed by atoms with E-state index >= 15 is 0 Å².